The van der Waals surface area contributed by atoms with E-state index in [9.17, 15) is 0 Å². The van der Waals surface area contributed by atoms with Crippen molar-refractivity contribution in [2.75, 3.05) is 0 Å². The van der Waals surface area contributed by atoms with Crippen molar-refractivity contribution in [3.8, 4) is 0 Å². The molecule has 1 saturated carbocycles. The van der Waals surface area contributed by atoms with Crippen LogP contribution in [0, 0.1) is 0 Å². The number of aliphatic hydroxyl groups excluding tert-OH is 1. The van der Waals surface area contributed by atoms with Crippen LogP contribution in [0.3, 0.4) is 0 Å². The Morgan fingerprint density at radius 3 is 2.86 bits per heavy atom. The molecule has 1 aromatic carbocycles. The zero-order valence-electron chi connectivity index (χ0n) is 7.98. The van der Waals surface area contributed by atoms with E-state index in [2.05, 4.69) is 29.0 Å². The fourth-order valence-corrected chi connectivity index (χ4v) is 1.98. The van der Waals surface area contributed by atoms with Crippen LogP contribution in [0.2, 0.25) is 0 Å². The Balaban J connectivity index is 2.17. The third-order valence-corrected chi connectivity index (χ3v) is 2.91. The van der Waals surface area contributed by atoms with Crippen LogP contribution in [0.1, 0.15) is 24.4 Å². The van der Waals surface area contributed by atoms with Gasteiger partial charge in [-0.15, -0.1) is 0 Å². The molecule has 2 nitrogen and oxygen atoms in total. The Labute approximate surface area is 82.8 Å². The molecule has 72 valence electrons. The minimum Gasteiger partial charge on any atom is -0.392 e. The summed E-state index contributed by atoms with van der Waals surface area (Å²) in [6, 6.07) is 9.04. The normalized spacial score (nSPS) is 16.4. The third-order valence-electron chi connectivity index (χ3n) is 2.91. The lowest BCUT2D eigenvalue weighted by molar-refractivity contribution is 0.282. The van der Waals surface area contributed by atoms with Crippen LogP contribution < -0.4 is 0 Å². The van der Waals surface area contributed by atoms with E-state index in [1.165, 1.54) is 23.7 Å². The summed E-state index contributed by atoms with van der Waals surface area (Å²) in [6.45, 7) is 0.130. The second-order valence-corrected chi connectivity index (χ2v) is 4.01. The SMILES string of the molecule is OCc1ccc2c(ccn2C2CC2)c1. The number of rotatable bonds is 2. The van der Waals surface area contributed by atoms with Crippen LogP contribution in [0.4, 0.5) is 0 Å². The van der Waals surface area contributed by atoms with Gasteiger partial charge in [0.15, 0.2) is 0 Å². The Bertz CT molecular complexity index is 468. The molecule has 2 aromatic rings. The molecule has 1 heterocycles. The van der Waals surface area contributed by atoms with Crippen LogP contribution in [-0.4, -0.2) is 9.67 Å². The van der Waals surface area contributed by atoms with E-state index in [1.807, 2.05) is 6.07 Å². The molecule has 1 aliphatic carbocycles. The van der Waals surface area contributed by atoms with Crippen molar-refractivity contribution in [2.45, 2.75) is 25.5 Å². The molecule has 3 rings (SSSR count). The summed E-state index contributed by atoms with van der Waals surface area (Å²) in [6.07, 6.45) is 4.78. The van der Waals surface area contributed by atoms with Crippen molar-refractivity contribution in [1.82, 2.24) is 4.57 Å². The summed E-state index contributed by atoms with van der Waals surface area (Å²) >= 11 is 0. The Kier molecular flexibility index (Phi) is 1.64. The lowest BCUT2D eigenvalue weighted by Crippen LogP contribution is -1.90. The van der Waals surface area contributed by atoms with Crippen molar-refractivity contribution in [3.63, 3.8) is 0 Å². The minimum atomic E-state index is 0.130. The molecule has 14 heavy (non-hydrogen) atoms. The second-order valence-electron chi connectivity index (χ2n) is 4.01. The summed E-state index contributed by atoms with van der Waals surface area (Å²) in [5, 5.41) is 10.3. The van der Waals surface area contributed by atoms with Crippen molar-refractivity contribution in [2.24, 2.45) is 0 Å². The molecule has 0 unspecified atom stereocenters. The molecule has 0 radical (unpaired) electrons. The first-order valence-corrected chi connectivity index (χ1v) is 5.09. The summed E-state index contributed by atoms with van der Waals surface area (Å²) < 4.78 is 2.34. The maximum Gasteiger partial charge on any atom is 0.0682 e. The Hall–Kier alpha value is -1.28. The number of fused-ring (bicyclic) bond motifs is 1. The highest BCUT2D eigenvalue weighted by Crippen LogP contribution is 2.37. The molecule has 0 saturated heterocycles. The van der Waals surface area contributed by atoms with Gasteiger partial charge in [-0.1, -0.05) is 6.07 Å². The molecule has 0 amide bonds. The molecule has 0 aliphatic heterocycles. The van der Waals surface area contributed by atoms with E-state index in [0.29, 0.717) is 0 Å². The van der Waals surface area contributed by atoms with Crippen LogP contribution in [0.25, 0.3) is 10.9 Å². The number of aromatic nitrogens is 1. The monoisotopic (exact) mass is 187 g/mol. The van der Waals surface area contributed by atoms with E-state index in [1.54, 1.807) is 0 Å². The third kappa shape index (κ3) is 1.15. The van der Waals surface area contributed by atoms with Gasteiger partial charge in [0, 0.05) is 17.8 Å². The molecule has 0 atom stereocenters. The van der Waals surface area contributed by atoms with E-state index in [0.717, 1.165) is 11.6 Å². The highest BCUT2D eigenvalue weighted by molar-refractivity contribution is 5.81. The first-order valence-electron chi connectivity index (χ1n) is 5.09. The Morgan fingerprint density at radius 1 is 1.29 bits per heavy atom. The van der Waals surface area contributed by atoms with E-state index < -0.39 is 0 Å². The minimum absolute atomic E-state index is 0.130. The van der Waals surface area contributed by atoms with E-state index >= 15 is 0 Å². The molecule has 1 fully saturated rings. The van der Waals surface area contributed by atoms with Crippen LogP contribution in [0.5, 0.6) is 0 Å². The molecule has 2 heteroatoms. The van der Waals surface area contributed by atoms with Crippen molar-refractivity contribution in [3.05, 3.63) is 36.0 Å². The topological polar surface area (TPSA) is 25.2 Å². The lowest BCUT2D eigenvalue weighted by atomic mass is 10.2. The molecular formula is C12H13NO. The summed E-state index contributed by atoms with van der Waals surface area (Å²) in [5.74, 6) is 0. The smallest absolute Gasteiger partial charge is 0.0682 e. The van der Waals surface area contributed by atoms with Gasteiger partial charge in [0.05, 0.1) is 6.61 Å². The van der Waals surface area contributed by atoms with Crippen LogP contribution in [-0.2, 0) is 6.61 Å². The van der Waals surface area contributed by atoms with Crippen LogP contribution in [0.15, 0.2) is 30.5 Å². The van der Waals surface area contributed by atoms with Gasteiger partial charge in [-0.05, 0) is 42.0 Å². The number of aliphatic hydroxyl groups is 1. The predicted molar refractivity (Wildman–Crippen MR) is 56.1 cm³/mol. The van der Waals surface area contributed by atoms with Crippen molar-refractivity contribution >= 4 is 10.9 Å². The summed E-state index contributed by atoms with van der Waals surface area (Å²) in [4.78, 5) is 0. The average molecular weight is 187 g/mol. The fourth-order valence-electron chi connectivity index (χ4n) is 1.98. The highest BCUT2D eigenvalue weighted by atomic mass is 16.3. The molecule has 1 N–H and O–H groups in total. The van der Waals surface area contributed by atoms with Gasteiger partial charge in [-0.25, -0.2) is 0 Å². The largest absolute Gasteiger partial charge is 0.392 e. The van der Waals surface area contributed by atoms with Gasteiger partial charge in [0.2, 0.25) is 0 Å². The standard InChI is InChI=1S/C12H13NO/c14-8-9-1-4-12-10(7-9)5-6-13(12)11-2-3-11/h1,4-7,11,14H,2-3,8H2. The van der Waals surface area contributed by atoms with Gasteiger partial charge in [0.25, 0.3) is 0 Å². The maximum atomic E-state index is 9.02. The van der Waals surface area contributed by atoms with Gasteiger partial charge in [0.1, 0.15) is 0 Å². The second kappa shape index (κ2) is 2.85. The van der Waals surface area contributed by atoms with Crippen LogP contribution >= 0.6 is 0 Å². The first-order chi connectivity index (χ1) is 6.88. The number of hydrogen-bond acceptors (Lipinski definition) is 1. The molecule has 1 aromatic heterocycles. The van der Waals surface area contributed by atoms with Crippen molar-refractivity contribution < 1.29 is 5.11 Å². The number of nitrogens with zero attached hydrogens (tertiary/aromatic N) is 1. The maximum absolute atomic E-state index is 9.02. The molecular weight excluding hydrogens is 174 g/mol. The molecule has 1 aliphatic rings. The van der Waals surface area contributed by atoms with E-state index in [-0.39, 0.29) is 6.61 Å². The fraction of sp³-hybridized carbons (Fsp3) is 0.333. The van der Waals surface area contributed by atoms with Gasteiger partial charge < -0.3 is 9.67 Å². The number of hydrogen-bond donors (Lipinski definition) is 1. The zero-order chi connectivity index (χ0) is 9.54. The predicted octanol–water partition coefficient (Wildman–Crippen LogP) is 2.47. The van der Waals surface area contributed by atoms with Gasteiger partial charge >= 0.3 is 0 Å². The first kappa shape index (κ1) is 8.06. The van der Waals surface area contributed by atoms with Crippen molar-refractivity contribution in [1.29, 1.82) is 0 Å². The Morgan fingerprint density at radius 2 is 2.14 bits per heavy atom. The summed E-state index contributed by atoms with van der Waals surface area (Å²) in [5.41, 5.74) is 2.29. The lowest BCUT2D eigenvalue weighted by Gasteiger charge is -2.02. The van der Waals surface area contributed by atoms with Gasteiger partial charge in [-0.3, -0.25) is 0 Å². The number of benzene rings is 1. The summed E-state index contributed by atoms with van der Waals surface area (Å²) in [7, 11) is 0. The van der Waals surface area contributed by atoms with Gasteiger partial charge in [-0.2, -0.15) is 0 Å². The molecule has 0 bridgehead atoms. The zero-order valence-corrected chi connectivity index (χ0v) is 7.98. The molecule has 0 spiro atoms. The quantitative estimate of drug-likeness (QED) is 0.767. The average Bonchev–Trinajstić information content (AvgIpc) is 2.98. The van der Waals surface area contributed by atoms with E-state index in [4.69, 9.17) is 5.11 Å². The highest BCUT2D eigenvalue weighted by Gasteiger charge is 2.24.